The van der Waals surface area contributed by atoms with E-state index in [0.717, 1.165) is 14.9 Å². The summed E-state index contributed by atoms with van der Waals surface area (Å²) < 4.78 is 0.743. The van der Waals surface area contributed by atoms with Gasteiger partial charge in [0.2, 0.25) is 0 Å². The van der Waals surface area contributed by atoms with Gasteiger partial charge in [-0.05, 0) is 45.8 Å². The van der Waals surface area contributed by atoms with Crippen LogP contribution in [0.3, 0.4) is 0 Å². The zero-order chi connectivity index (χ0) is 17.1. The van der Waals surface area contributed by atoms with Crippen molar-refractivity contribution in [2.45, 2.75) is 6.42 Å². The predicted molar refractivity (Wildman–Crippen MR) is 103 cm³/mol. The molecule has 1 N–H and O–H groups in total. The quantitative estimate of drug-likeness (QED) is 0.534. The van der Waals surface area contributed by atoms with Gasteiger partial charge in [0.15, 0.2) is 5.13 Å². The summed E-state index contributed by atoms with van der Waals surface area (Å²) in [4.78, 5) is 17.5. The molecule has 0 radical (unpaired) electrons. The third kappa shape index (κ3) is 4.16. The van der Waals surface area contributed by atoms with Crippen molar-refractivity contribution in [1.29, 1.82) is 0 Å². The van der Waals surface area contributed by atoms with E-state index >= 15 is 0 Å². The molecule has 1 heterocycles. The molecule has 1 aromatic heterocycles. The maximum atomic E-state index is 12.3. The van der Waals surface area contributed by atoms with E-state index in [9.17, 15) is 4.79 Å². The highest BCUT2D eigenvalue weighted by atomic mass is 79.9. The number of hydrogen-bond donors (Lipinski definition) is 1. The molecule has 24 heavy (non-hydrogen) atoms. The van der Waals surface area contributed by atoms with Crippen molar-refractivity contribution in [3.05, 3.63) is 79.2 Å². The lowest BCUT2D eigenvalue weighted by Gasteiger charge is -2.04. The first-order chi connectivity index (χ1) is 11.5. The number of carbonyl (C=O) groups excluding carboxylic acids is 1. The summed E-state index contributed by atoms with van der Waals surface area (Å²) in [5, 5.41) is 4.59. The monoisotopic (exact) mass is 440 g/mol. The van der Waals surface area contributed by atoms with Crippen molar-refractivity contribution < 1.29 is 4.79 Å². The molecule has 0 aliphatic rings. The van der Waals surface area contributed by atoms with Crippen LogP contribution in [0.2, 0.25) is 10.0 Å². The van der Waals surface area contributed by atoms with Crippen molar-refractivity contribution >= 4 is 61.5 Å². The van der Waals surface area contributed by atoms with Crippen LogP contribution in [0.4, 0.5) is 5.13 Å². The number of nitrogens with zero attached hydrogens (tertiary/aromatic N) is 1. The molecule has 0 bridgehead atoms. The third-order valence-electron chi connectivity index (χ3n) is 3.27. The fraction of sp³-hybridized carbons (Fsp3) is 0.0588. The number of nitrogens with one attached hydrogen (secondary N) is 1. The van der Waals surface area contributed by atoms with Crippen molar-refractivity contribution in [2.75, 3.05) is 5.32 Å². The highest BCUT2D eigenvalue weighted by Crippen LogP contribution is 2.27. The highest BCUT2D eigenvalue weighted by Gasteiger charge is 2.12. The maximum Gasteiger partial charge on any atom is 0.258 e. The molecular weight excluding hydrogens is 431 g/mol. The molecule has 0 aliphatic heterocycles. The van der Waals surface area contributed by atoms with Gasteiger partial charge in [0.1, 0.15) is 0 Å². The van der Waals surface area contributed by atoms with Gasteiger partial charge in [-0.2, -0.15) is 0 Å². The summed E-state index contributed by atoms with van der Waals surface area (Å²) in [6, 6.07) is 12.7. The van der Waals surface area contributed by atoms with Crippen LogP contribution in [-0.2, 0) is 6.42 Å². The summed E-state index contributed by atoms with van der Waals surface area (Å²) in [5.41, 5.74) is 1.53. The summed E-state index contributed by atoms with van der Waals surface area (Å²) >= 11 is 16.9. The number of halogens is 3. The lowest BCUT2D eigenvalue weighted by atomic mass is 10.1. The number of aromatic nitrogens is 1. The minimum atomic E-state index is -0.201. The van der Waals surface area contributed by atoms with Crippen molar-refractivity contribution in [3.63, 3.8) is 0 Å². The Morgan fingerprint density at radius 3 is 2.75 bits per heavy atom. The zero-order valence-electron chi connectivity index (χ0n) is 12.2. The lowest BCUT2D eigenvalue weighted by molar-refractivity contribution is 0.102. The van der Waals surface area contributed by atoms with Crippen molar-refractivity contribution in [1.82, 2.24) is 4.98 Å². The van der Waals surface area contributed by atoms with Crippen LogP contribution in [0, 0.1) is 0 Å². The zero-order valence-corrected chi connectivity index (χ0v) is 16.1. The summed E-state index contributed by atoms with van der Waals surface area (Å²) in [6.45, 7) is 0. The Bertz CT molecular complexity index is 898. The molecule has 3 aromatic rings. The number of hydrogen-bond acceptors (Lipinski definition) is 3. The lowest BCUT2D eigenvalue weighted by Crippen LogP contribution is -2.12. The van der Waals surface area contributed by atoms with E-state index in [1.807, 2.05) is 24.3 Å². The molecule has 3 rings (SSSR count). The smallest absolute Gasteiger partial charge is 0.258 e. The van der Waals surface area contributed by atoms with E-state index in [1.165, 1.54) is 11.3 Å². The molecule has 0 atom stereocenters. The third-order valence-corrected chi connectivity index (χ3v) is 5.46. The Morgan fingerprint density at radius 1 is 1.21 bits per heavy atom. The predicted octanol–water partition coefficient (Wildman–Crippen LogP) is 6.06. The van der Waals surface area contributed by atoms with Gasteiger partial charge in [-0.3, -0.25) is 10.1 Å². The fourth-order valence-electron chi connectivity index (χ4n) is 2.11. The van der Waals surface area contributed by atoms with E-state index < -0.39 is 0 Å². The van der Waals surface area contributed by atoms with Crippen molar-refractivity contribution in [3.8, 4) is 0 Å². The average molecular weight is 442 g/mol. The van der Waals surface area contributed by atoms with E-state index in [-0.39, 0.29) is 5.91 Å². The van der Waals surface area contributed by atoms with Crippen molar-refractivity contribution in [2.24, 2.45) is 0 Å². The molecule has 0 aliphatic carbocycles. The molecule has 2 aromatic carbocycles. The molecule has 0 fully saturated rings. The Morgan fingerprint density at radius 2 is 2.00 bits per heavy atom. The standard InChI is InChI=1S/C17H11BrCl2N2OS/c18-14-4-2-1-3-13(14)16(23)22-17-21-9-12(24-17)7-10-5-6-11(19)8-15(10)20/h1-6,8-9H,7H2,(H,21,22,23). The van der Waals surface area contributed by atoms with Gasteiger partial charge in [0, 0.05) is 32.0 Å². The van der Waals surface area contributed by atoms with Gasteiger partial charge in [-0.1, -0.05) is 41.4 Å². The van der Waals surface area contributed by atoms with Crippen LogP contribution in [0.5, 0.6) is 0 Å². The van der Waals surface area contributed by atoms with Gasteiger partial charge in [-0.15, -0.1) is 11.3 Å². The molecule has 0 spiro atoms. The highest BCUT2D eigenvalue weighted by molar-refractivity contribution is 9.10. The Balaban J connectivity index is 1.72. The fourth-order valence-corrected chi connectivity index (χ4v) is 3.88. The number of carbonyl (C=O) groups is 1. The minimum absolute atomic E-state index is 0.201. The normalized spacial score (nSPS) is 10.6. The van der Waals surface area contributed by atoms with Gasteiger partial charge >= 0.3 is 0 Å². The van der Waals surface area contributed by atoms with E-state index in [1.54, 1.807) is 24.4 Å². The van der Waals surface area contributed by atoms with Crippen LogP contribution in [0.25, 0.3) is 0 Å². The van der Waals surface area contributed by atoms with Crippen LogP contribution < -0.4 is 5.32 Å². The molecule has 1 amide bonds. The van der Waals surface area contributed by atoms with Crippen LogP contribution >= 0.6 is 50.5 Å². The molecule has 7 heteroatoms. The van der Waals surface area contributed by atoms with Crippen LogP contribution in [0.1, 0.15) is 20.8 Å². The topological polar surface area (TPSA) is 42.0 Å². The second-order valence-corrected chi connectivity index (χ2v) is 7.79. The number of benzene rings is 2. The van der Waals surface area contributed by atoms with Gasteiger partial charge in [0.25, 0.3) is 5.91 Å². The summed E-state index contributed by atoms with van der Waals surface area (Å²) in [6.07, 6.45) is 2.38. The maximum absolute atomic E-state index is 12.3. The summed E-state index contributed by atoms with van der Waals surface area (Å²) in [5.74, 6) is -0.201. The van der Waals surface area contributed by atoms with Crippen LogP contribution in [0.15, 0.2) is 53.1 Å². The Labute approximate surface area is 161 Å². The molecular formula is C17H11BrCl2N2OS. The molecule has 122 valence electrons. The molecule has 0 saturated carbocycles. The first kappa shape index (κ1) is 17.4. The summed E-state index contributed by atoms with van der Waals surface area (Å²) in [7, 11) is 0. The number of amides is 1. The van der Waals surface area contributed by atoms with E-state index in [2.05, 4.69) is 26.2 Å². The number of anilines is 1. The molecule has 3 nitrogen and oxygen atoms in total. The Kier molecular flexibility index (Phi) is 5.56. The van der Waals surface area contributed by atoms with E-state index in [0.29, 0.717) is 27.2 Å². The number of thiazole rings is 1. The first-order valence-corrected chi connectivity index (χ1v) is 9.34. The van der Waals surface area contributed by atoms with Gasteiger partial charge < -0.3 is 0 Å². The second-order valence-electron chi connectivity index (χ2n) is 4.98. The second kappa shape index (κ2) is 7.66. The average Bonchev–Trinajstić information content (AvgIpc) is 2.97. The largest absolute Gasteiger partial charge is 0.298 e. The van der Waals surface area contributed by atoms with Crippen LogP contribution in [-0.4, -0.2) is 10.9 Å². The molecule has 0 unspecified atom stereocenters. The SMILES string of the molecule is O=C(Nc1ncc(Cc2ccc(Cl)cc2Cl)s1)c1ccccc1Br. The minimum Gasteiger partial charge on any atom is -0.298 e. The van der Waals surface area contributed by atoms with Gasteiger partial charge in [-0.25, -0.2) is 4.98 Å². The first-order valence-electron chi connectivity index (χ1n) is 6.97. The van der Waals surface area contributed by atoms with Gasteiger partial charge in [0.05, 0.1) is 5.56 Å². The molecule has 0 saturated heterocycles. The Hall–Kier alpha value is -1.40. The number of rotatable bonds is 4. The van der Waals surface area contributed by atoms with E-state index in [4.69, 9.17) is 23.2 Å².